The summed E-state index contributed by atoms with van der Waals surface area (Å²) in [6.45, 7) is 2.40. The molecule has 0 bridgehead atoms. The number of nitrogens with two attached hydrogens (primary N) is 1. The molecule has 1 aromatic heterocycles. The van der Waals surface area contributed by atoms with Gasteiger partial charge in [0.1, 0.15) is 0 Å². The standard InChI is InChI=1S/C8H16N4O2/c1-6(5-13)12(2)8-11-10-7(14-8)3-4-9/h6,13H,3-5,9H2,1-2H3. The van der Waals surface area contributed by atoms with Crippen molar-refractivity contribution in [2.45, 2.75) is 19.4 Å². The van der Waals surface area contributed by atoms with Gasteiger partial charge < -0.3 is 20.2 Å². The monoisotopic (exact) mass is 200 g/mol. The zero-order chi connectivity index (χ0) is 10.6. The highest BCUT2D eigenvalue weighted by molar-refractivity contribution is 5.23. The Morgan fingerprint density at radius 2 is 2.29 bits per heavy atom. The van der Waals surface area contributed by atoms with Gasteiger partial charge in [0.05, 0.1) is 12.6 Å². The fourth-order valence-corrected chi connectivity index (χ4v) is 0.923. The molecule has 1 unspecified atom stereocenters. The summed E-state index contributed by atoms with van der Waals surface area (Å²) in [5, 5.41) is 16.6. The minimum absolute atomic E-state index is 0.0406. The summed E-state index contributed by atoms with van der Waals surface area (Å²) in [4.78, 5) is 1.73. The zero-order valence-corrected chi connectivity index (χ0v) is 8.47. The van der Waals surface area contributed by atoms with E-state index in [4.69, 9.17) is 15.3 Å². The first-order valence-electron chi connectivity index (χ1n) is 4.55. The molecule has 80 valence electrons. The summed E-state index contributed by atoms with van der Waals surface area (Å²) in [7, 11) is 1.79. The molecule has 1 rings (SSSR count). The molecule has 1 atom stereocenters. The van der Waals surface area contributed by atoms with Crippen molar-refractivity contribution in [1.82, 2.24) is 10.2 Å². The second kappa shape index (κ2) is 4.92. The van der Waals surface area contributed by atoms with Gasteiger partial charge in [0.15, 0.2) is 0 Å². The highest BCUT2D eigenvalue weighted by atomic mass is 16.4. The summed E-state index contributed by atoms with van der Waals surface area (Å²) < 4.78 is 5.32. The maximum Gasteiger partial charge on any atom is 0.318 e. The van der Waals surface area contributed by atoms with Gasteiger partial charge in [0, 0.05) is 20.0 Å². The van der Waals surface area contributed by atoms with Crippen molar-refractivity contribution in [2.24, 2.45) is 5.73 Å². The van der Waals surface area contributed by atoms with Crippen molar-refractivity contribution in [3.63, 3.8) is 0 Å². The minimum Gasteiger partial charge on any atom is -0.408 e. The largest absolute Gasteiger partial charge is 0.408 e. The number of hydrogen-bond donors (Lipinski definition) is 2. The zero-order valence-electron chi connectivity index (χ0n) is 8.47. The Bertz CT molecular complexity index is 276. The molecular weight excluding hydrogens is 184 g/mol. The molecule has 6 heteroatoms. The van der Waals surface area contributed by atoms with Gasteiger partial charge in [-0.15, -0.1) is 5.10 Å². The number of likely N-dealkylation sites (N-methyl/N-ethyl adjacent to an activating group) is 1. The average molecular weight is 200 g/mol. The van der Waals surface area contributed by atoms with Crippen LogP contribution in [0.1, 0.15) is 12.8 Å². The van der Waals surface area contributed by atoms with Gasteiger partial charge in [-0.05, 0) is 6.92 Å². The van der Waals surface area contributed by atoms with Gasteiger partial charge in [-0.3, -0.25) is 0 Å². The molecule has 0 amide bonds. The minimum atomic E-state index is -0.0406. The van der Waals surface area contributed by atoms with Gasteiger partial charge in [-0.25, -0.2) is 0 Å². The molecular formula is C8H16N4O2. The highest BCUT2D eigenvalue weighted by Gasteiger charge is 2.14. The number of hydrogen-bond acceptors (Lipinski definition) is 6. The first-order chi connectivity index (χ1) is 6.69. The number of rotatable bonds is 5. The first-order valence-corrected chi connectivity index (χ1v) is 4.55. The molecule has 0 aliphatic rings. The Labute approximate surface area is 82.7 Å². The Morgan fingerprint density at radius 3 is 2.86 bits per heavy atom. The Kier molecular flexibility index (Phi) is 3.84. The third-order valence-corrected chi connectivity index (χ3v) is 2.04. The van der Waals surface area contributed by atoms with Gasteiger partial charge in [-0.1, -0.05) is 5.10 Å². The smallest absolute Gasteiger partial charge is 0.318 e. The van der Waals surface area contributed by atoms with Crippen LogP contribution in [0.2, 0.25) is 0 Å². The van der Waals surface area contributed by atoms with Crippen LogP contribution in [0.5, 0.6) is 0 Å². The van der Waals surface area contributed by atoms with Crippen LogP contribution in [0.4, 0.5) is 6.01 Å². The molecule has 1 aromatic rings. The fourth-order valence-electron chi connectivity index (χ4n) is 0.923. The molecule has 0 saturated heterocycles. The highest BCUT2D eigenvalue weighted by Crippen LogP contribution is 2.12. The average Bonchev–Trinajstić information content (AvgIpc) is 2.64. The summed E-state index contributed by atoms with van der Waals surface area (Å²) in [6.07, 6.45) is 0.578. The van der Waals surface area contributed by atoms with Crippen molar-refractivity contribution in [1.29, 1.82) is 0 Å². The number of anilines is 1. The molecule has 0 aliphatic heterocycles. The molecule has 1 heterocycles. The van der Waals surface area contributed by atoms with Crippen LogP contribution in [-0.2, 0) is 6.42 Å². The molecule has 0 aliphatic carbocycles. The molecule has 3 N–H and O–H groups in total. The lowest BCUT2D eigenvalue weighted by molar-refractivity contribution is 0.266. The van der Waals surface area contributed by atoms with Crippen LogP contribution < -0.4 is 10.6 Å². The first kappa shape index (κ1) is 10.9. The number of aromatic nitrogens is 2. The lowest BCUT2D eigenvalue weighted by atomic mass is 10.3. The van der Waals surface area contributed by atoms with E-state index in [9.17, 15) is 0 Å². The lowest BCUT2D eigenvalue weighted by Gasteiger charge is -2.19. The van der Waals surface area contributed by atoms with Gasteiger partial charge in [0.2, 0.25) is 5.89 Å². The Morgan fingerprint density at radius 1 is 1.57 bits per heavy atom. The third kappa shape index (κ3) is 2.43. The van der Waals surface area contributed by atoms with Gasteiger partial charge in [0.25, 0.3) is 0 Å². The van der Waals surface area contributed by atoms with Crippen LogP contribution in [0.3, 0.4) is 0 Å². The van der Waals surface area contributed by atoms with Crippen molar-refractivity contribution in [3.05, 3.63) is 5.89 Å². The van der Waals surface area contributed by atoms with Crippen LogP contribution in [0.15, 0.2) is 4.42 Å². The molecule has 6 nitrogen and oxygen atoms in total. The van der Waals surface area contributed by atoms with Crippen molar-refractivity contribution in [3.8, 4) is 0 Å². The van der Waals surface area contributed by atoms with Gasteiger partial charge >= 0.3 is 6.01 Å². The molecule has 0 fully saturated rings. The Hall–Kier alpha value is -1.14. The van der Waals surface area contributed by atoms with E-state index in [1.807, 2.05) is 6.92 Å². The molecule has 14 heavy (non-hydrogen) atoms. The quantitative estimate of drug-likeness (QED) is 0.659. The maximum absolute atomic E-state index is 8.93. The van der Waals surface area contributed by atoms with Gasteiger partial charge in [-0.2, -0.15) is 0 Å². The van der Waals surface area contributed by atoms with Crippen LogP contribution in [-0.4, -0.2) is 41.5 Å². The Balaban J connectivity index is 2.65. The van der Waals surface area contributed by atoms with E-state index in [1.165, 1.54) is 0 Å². The summed E-state index contributed by atoms with van der Waals surface area (Å²) in [5.74, 6) is 0.527. The number of aliphatic hydroxyl groups excluding tert-OH is 1. The molecule has 0 saturated carbocycles. The van der Waals surface area contributed by atoms with E-state index in [-0.39, 0.29) is 12.6 Å². The van der Waals surface area contributed by atoms with E-state index in [2.05, 4.69) is 10.2 Å². The predicted octanol–water partition coefficient (Wildman–Crippen LogP) is -0.612. The molecule has 0 spiro atoms. The van der Waals surface area contributed by atoms with E-state index in [0.29, 0.717) is 24.9 Å². The van der Waals surface area contributed by atoms with Crippen molar-refractivity contribution < 1.29 is 9.52 Å². The third-order valence-electron chi connectivity index (χ3n) is 2.04. The SMILES string of the molecule is CC(CO)N(C)c1nnc(CCN)o1. The van der Waals surface area contributed by atoms with Crippen LogP contribution in [0.25, 0.3) is 0 Å². The lowest BCUT2D eigenvalue weighted by Crippen LogP contribution is -2.32. The summed E-state index contributed by atoms with van der Waals surface area (Å²) in [6, 6.07) is 0.371. The van der Waals surface area contributed by atoms with Crippen LogP contribution in [0, 0.1) is 0 Å². The number of aliphatic hydroxyl groups is 1. The summed E-state index contributed by atoms with van der Waals surface area (Å²) in [5.41, 5.74) is 5.35. The predicted molar refractivity (Wildman–Crippen MR) is 52.0 cm³/mol. The van der Waals surface area contributed by atoms with E-state index < -0.39 is 0 Å². The maximum atomic E-state index is 8.93. The van der Waals surface area contributed by atoms with Crippen molar-refractivity contribution in [2.75, 3.05) is 25.1 Å². The molecule has 0 aromatic carbocycles. The van der Waals surface area contributed by atoms with E-state index in [1.54, 1.807) is 11.9 Å². The van der Waals surface area contributed by atoms with E-state index in [0.717, 1.165) is 0 Å². The summed E-state index contributed by atoms with van der Waals surface area (Å²) >= 11 is 0. The number of nitrogens with zero attached hydrogens (tertiary/aromatic N) is 3. The second-order valence-corrected chi connectivity index (χ2v) is 3.16. The van der Waals surface area contributed by atoms with Crippen molar-refractivity contribution >= 4 is 6.01 Å². The van der Waals surface area contributed by atoms with Crippen LogP contribution >= 0.6 is 0 Å². The van der Waals surface area contributed by atoms with E-state index >= 15 is 0 Å². The fraction of sp³-hybridized carbons (Fsp3) is 0.750. The normalized spacial score (nSPS) is 12.9. The second-order valence-electron chi connectivity index (χ2n) is 3.16. The molecule has 0 radical (unpaired) electrons. The topological polar surface area (TPSA) is 88.4 Å².